The molecule has 2 amide bonds. The Morgan fingerprint density at radius 3 is 2.39 bits per heavy atom. The lowest BCUT2D eigenvalue weighted by Gasteiger charge is -2.12. The van der Waals surface area contributed by atoms with Crippen LogP contribution in [-0.4, -0.2) is 26.6 Å². The molecule has 0 unspecified atom stereocenters. The van der Waals surface area contributed by atoms with E-state index in [2.05, 4.69) is 15.4 Å². The molecule has 0 aliphatic carbocycles. The molecule has 0 saturated heterocycles. The third-order valence-corrected chi connectivity index (χ3v) is 5.31. The summed E-state index contributed by atoms with van der Waals surface area (Å²) in [5.74, 6) is -5.45. The second-order valence-corrected chi connectivity index (χ2v) is 7.72. The van der Waals surface area contributed by atoms with Gasteiger partial charge in [-0.05, 0) is 42.8 Å². The number of primary amides is 1. The van der Waals surface area contributed by atoms with Gasteiger partial charge >= 0.3 is 6.18 Å². The van der Waals surface area contributed by atoms with E-state index in [9.17, 15) is 35.9 Å². The smallest absolute Gasteiger partial charge is 0.364 e. The Morgan fingerprint density at radius 2 is 1.75 bits per heavy atom. The average molecular weight is 507 g/mol. The molecule has 4 aromatic rings. The van der Waals surface area contributed by atoms with Crippen LogP contribution in [0.5, 0.6) is 0 Å². The van der Waals surface area contributed by atoms with Gasteiger partial charge in [-0.3, -0.25) is 14.3 Å². The Kier molecular flexibility index (Phi) is 6.16. The zero-order chi connectivity index (χ0) is 26.4. The number of halogens is 6. The quantitative estimate of drug-likeness (QED) is 0.386. The fraction of sp³-hybridized carbons (Fsp3) is 0.130. The minimum Gasteiger partial charge on any atom is -0.364 e. The number of fused-ring (bicyclic) bond motifs is 1. The number of anilines is 1. The fourth-order valence-corrected chi connectivity index (χ4v) is 3.59. The highest BCUT2D eigenvalue weighted by atomic mass is 19.4. The number of carbonyl (C=O) groups excluding carboxylic acids is 2. The van der Waals surface area contributed by atoms with E-state index in [1.54, 1.807) is 0 Å². The number of amides is 2. The van der Waals surface area contributed by atoms with Gasteiger partial charge in [-0.15, -0.1) is 0 Å². The molecule has 0 saturated carbocycles. The monoisotopic (exact) mass is 507 g/mol. The van der Waals surface area contributed by atoms with Crippen LogP contribution in [0.15, 0.2) is 42.5 Å². The number of pyridine rings is 1. The van der Waals surface area contributed by atoms with Crippen LogP contribution in [0.3, 0.4) is 0 Å². The van der Waals surface area contributed by atoms with Crippen LogP contribution in [0.4, 0.5) is 32.0 Å². The summed E-state index contributed by atoms with van der Waals surface area (Å²) in [4.78, 5) is 28.6. The van der Waals surface area contributed by atoms with Gasteiger partial charge in [0.25, 0.3) is 11.8 Å². The molecule has 2 aromatic heterocycles. The lowest BCUT2D eigenvalue weighted by molar-refractivity contribution is -0.140. The first-order chi connectivity index (χ1) is 16.9. The van der Waals surface area contributed by atoms with Crippen LogP contribution < -0.4 is 11.1 Å². The third-order valence-electron chi connectivity index (χ3n) is 5.31. The van der Waals surface area contributed by atoms with Crippen LogP contribution in [-0.2, 0) is 12.7 Å². The summed E-state index contributed by atoms with van der Waals surface area (Å²) in [6, 6.07) is 7.24. The van der Waals surface area contributed by atoms with E-state index in [4.69, 9.17) is 5.73 Å². The molecule has 4 rings (SSSR count). The highest BCUT2D eigenvalue weighted by Crippen LogP contribution is 2.36. The summed E-state index contributed by atoms with van der Waals surface area (Å²) < 4.78 is 83.5. The van der Waals surface area contributed by atoms with Gasteiger partial charge in [0, 0.05) is 5.39 Å². The summed E-state index contributed by atoms with van der Waals surface area (Å²) in [7, 11) is 0. The Labute approximate surface area is 198 Å². The fourth-order valence-electron chi connectivity index (χ4n) is 3.59. The predicted octanol–water partition coefficient (Wildman–Crippen LogP) is 4.58. The lowest BCUT2D eigenvalue weighted by atomic mass is 10.1. The molecule has 13 heteroatoms. The zero-order valence-electron chi connectivity index (χ0n) is 18.3. The van der Waals surface area contributed by atoms with Gasteiger partial charge in [0.1, 0.15) is 11.5 Å². The van der Waals surface area contributed by atoms with Crippen molar-refractivity contribution in [2.75, 3.05) is 5.32 Å². The molecule has 0 bridgehead atoms. The molecule has 0 atom stereocenters. The van der Waals surface area contributed by atoms with Crippen molar-refractivity contribution >= 4 is 28.4 Å². The van der Waals surface area contributed by atoms with Gasteiger partial charge in [-0.1, -0.05) is 12.1 Å². The molecule has 0 aliphatic rings. The van der Waals surface area contributed by atoms with Gasteiger partial charge in [0.05, 0.1) is 29.0 Å². The van der Waals surface area contributed by atoms with E-state index >= 15 is 0 Å². The predicted molar refractivity (Wildman–Crippen MR) is 116 cm³/mol. The number of nitrogens with one attached hydrogen (secondary N) is 1. The number of carbonyl (C=O) groups is 2. The second kappa shape index (κ2) is 8.98. The number of alkyl halides is 3. The first-order valence-electron chi connectivity index (χ1n) is 10.2. The molecule has 2 heterocycles. The topological polar surface area (TPSA) is 103 Å². The van der Waals surface area contributed by atoms with Gasteiger partial charge < -0.3 is 11.1 Å². The number of rotatable bonds is 5. The number of hydrogen-bond acceptors (Lipinski definition) is 4. The van der Waals surface area contributed by atoms with Crippen molar-refractivity contribution < 1.29 is 35.9 Å². The van der Waals surface area contributed by atoms with Crippen molar-refractivity contribution in [1.29, 1.82) is 0 Å². The van der Waals surface area contributed by atoms with Crippen molar-refractivity contribution in [3.8, 4) is 0 Å². The maximum absolute atomic E-state index is 14.5. The van der Waals surface area contributed by atoms with Crippen LogP contribution in [0.25, 0.3) is 10.9 Å². The number of nitrogens with two attached hydrogens (primary N) is 1. The van der Waals surface area contributed by atoms with Crippen molar-refractivity contribution in [3.63, 3.8) is 0 Å². The molecule has 0 aliphatic heterocycles. The first kappa shape index (κ1) is 24.7. The molecule has 0 fully saturated rings. The molecule has 0 spiro atoms. The van der Waals surface area contributed by atoms with E-state index in [1.165, 1.54) is 25.1 Å². The molecule has 7 nitrogen and oxygen atoms in total. The van der Waals surface area contributed by atoms with E-state index in [-0.39, 0.29) is 28.7 Å². The van der Waals surface area contributed by atoms with E-state index < -0.39 is 58.1 Å². The van der Waals surface area contributed by atoms with Crippen molar-refractivity contribution in [3.05, 3.63) is 88.1 Å². The Morgan fingerprint density at radius 1 is 1.03 bits per heavy atom. The highest BCUT2D eigenvalue weighted by molar-refractivity contribution is 6.14. The molecular weight excluding hydrogens is 492 g/mol. The highest BCUT2D eigenvalue weighted by Gasteiger charge is 2.39. The maximum Gasteiger partial charge on any atom is 0.437 e. The Hall–Kier alpha value is -4.42. The van der Waals surface area contributed by atoms with Crippen LogP contribution in [0.1, 0.15) is 37.8 Å². The summed E-state index contributed by atoms with van der Waals surface area (Å²) in [6.45, 7) is 0.846. The summed E-state index contributed by atoms with van der Waals surface area (Å²) in [5, 5.41) is 5.26. The number of nitrogens with zero attached hydrogens (tertiary/aromatic N) is 3. The van der Waals surface area contributed by atoms with Gasteiger partial charge in [0.2, 0.25) is 0 Å². The lowest BCUT2D eigenvalue weighted by Crippen LogP contribution is -2.20. The zero-order valence-corrected chi connectivity index (χ0v) is 18.3. The minimum atomic E-state index is -5.02. The molecule has 186 valence electrons. The molecular formula is C23H15F6N5O2. The number of aromatic nitrogens is 3. The van der Waals surface area contributed by atoms with Crippen LogP contribution in [0.2, 0.25) is 0 Å². The largest absolute Gasteiger partial charge is 0.437 e. The maximum atomic E-state index is 14.5. The SMILES string of the molecule is Cc1c(NC(=O)c2cc(C(N)=O)nc3cccc(F)c23)c(C(F)(F)F)nn1Cc1ccc(F)c(F)c1. The Bertz CT molecular complexity index is 1530. The van der Waals surface area contributed by atoms with Crippen molar-refractivity contribution in [2.45, 2.75) is 19.6 Å². The Balaban J connectivity index is 1.80. The third kappa shape index (κ3) is 4.59. The normalized spacial score (nSPS) is 11.6. The van der Waals surface area contributed by atoms with Gasteiger partial charge in [-0.2, -0.15) is 18.3 Å². The van der Waals surface area contributed by atoms with E-state index in [0.717, 1.165) is 28.9 Å². The second-order valence-electron chi connectivity index (χ2n) is 7.72. The van der Waals surface area contributed by atoms with Crippen molar-refractivity contribution in [1.82, 2.24) is 14.8 Å². The summed E-state index contributed by atoms with van der Waals surface area (Å²) in [5.41, 5.74) is 1.96. The van der Waals surface area contributed by atoms with Crippen molar-refractivity contribution in [2.24, 2.45) is 5.73 Å². The van der Waals surface area contributed by atoms with Gasteiger partial charge in [-0.25, -0.2) is 18.2 Å². The average Bonchev–Trinajstić information content (AvgIpc) is 3.11. The van der Waals surface area contributed by atoms with Gasteiger partial charge in [0.15, 0.2) is 17.3 Å². The van der Waals surface area contributed by atoms with Crippen LogP contribution in [0, 0.1) is 24.4 Å². The standard InChI is InChI=1S/C23H15F6N5O2/c1-10-19(20(23(27,28)29)33-34(10)9-11-5-6-13(24)15(26)7-11)32-22(36)12-8-17(21(30)35)31-16-4-2-3-14(25)18(12)16/h2-8H,9H2,1H3,(H2,30,35)(H,32,36). The molecule has 36 heavy (non-hydrogen) atoms. The first-order valence-corrected chi connectivity index (χ1v) is 10.2. The molecule has 0 radical (unpaired) electrons. The van der Waals surface area contributed by atoms with E-state index in [0.29, 0.717) is 0 Å². The summed E-state index contributed by atoms with van der Waals surface area (Å²) >= 11 is 0. The van der Waals surface area contributed by atoms with E-state index in [1.807, 2.05) is 0 Å². The summed E-state index contributed by atoms with van der Waals surface area (Å²) in [6.07, 6.45) is -5.02. The number of benzene rings is 2. The van der Waals surface area contributed by atoms with Crippen LogP contribution >= 0.6 is 0 Å². The minimum absolute atomic E-state index is 0.111. The molecule has 2 aromatic carbocycles. The molecule has 3 N–H and O–H groups in total. The number of hydrogen-bond donors (Lipinski definition) is 2.